The topological polar surface area (TPSA) is 59.6 Å². The molecule has 1 aliphatic rings. The van der Waals surface area contributed by atoms with Crippen molar-refractivity contribution in [3.8, 4) is 5.75 Å². The van der Waals surface area contributed by atoms with Gasteiger partial charge >= 0.3 is 5.97 Å². The van der Waals surface area contributed by atoms with E-state index in [-0.39, 0.29) is 12.0 Å². The molecule has 6 heteroatoms. The van der Waals surface area contributed by atoms with Gasteiger partial charge in [-0.25, -0.2) is 4.79 Å². The summed E-state index contributed by atoms with van der Waals surface area (Å²) in [6.45, 7) is 4.19. The van der Waals surface area contributed by atoms with E-state index in [0.717, 1.165) is 29.9 Å². The van der Waals surface area contributed by atoms with Gasteiger partial charge < -0.3 is 20.1 Å². The number of benzene rings is 1. The van der Waals surface area contributed by atoms with E-state index in [2.05, 4.69) is 17.6 Å². The fraction of sp³-hybridized carbons (Fsp3) is 0.412. The van der Waals surface area contributed by atoms with Crippen LogP contribution < -0.4 is 15.4 Å². The van der Waals surface area contributed by atoms with Gasteiger partial charge in [-0.3, -0.25) is 0 Å². The van der Waals surface area contributed by atoms with Crippen LogP contribution in [0.3, 0.4) is 0 Å². The maximum absolute atomic E-state index is 12.5. The summed E-state index contributed by atoms with van der Waals surface area (Å²) in [7, 11) is 1.62. The van der Waals surface area contributed by atoms with Gasteiger partial charge in [-0.2, -0.15) is 0 Å². The first-order valence-corrected chi connectivity index (χ1v) is 8.13. The van der Waals surface area contributed by atoms with E-state index in [0.29, 0.717) is 17.3 Å². The summed E-state index contributed by atoms with van der Waals surface area (Å²) < 4.78 is 10.5. The molecule has 124 valence electrons. The molecule has 0 saturated carbocycles. The number of methoxy groups -OCH3 is 1. The monoisotopic (exact) mass is 334 g/mol. The predicted molar refractivity (Wildman–Crippen MR) is 93.2 cm³/mol. The van der Waals surface area contributed by atoms with E-state index >= 15 is 0 Å². The number of carbonyl (C=O) groups is 1. The van der Waals surface area contributed by atoms with Crippen molar-refractivity contribution in [3.05, 3.63) is 41.1 Å². The number of esters is 1. The van der Waals surface area contributed by atoms with Crippen molar-refractivity contribution >= 4 is 23.3 Å². The van der Waals surface area contributed by atoms with Crippen LogP contribution in [0.2, 0.25) is 0 Å². The second kappa shape index (κ2) is 7.97. The Hall–Kier alpha value is -2.08. The number of hydrogen-bond donors (Lipinski definition) is 2. The Bertz CT molecular complexity index is 628. The molecule has 1 heterocycles. The third-order valence-electron chi connectivity index (χ3n) is 3.58. The lowest BCUT2D eigenvalue weighted by Crippen LogP contribution is -2.45. The molecule has 0 aromatic heterocycles. The standard InChI is InChI=1S/C17H22N2O3S/c1-4-7-13-14(16(20)22-5-2)15(19-17(23)18-13)11-8-6-9-12(10-11)21-3/h6,8-10,15H,4-5,7H2,1-3H3,(H2,18,19,23)/t15-/m1/s1. The van der Waals surface area contributed by atoms with Crippen molar-refractivity contribution in [2.24, 2.45) is 0 Å². The van der Waals surface area contributed by atoms with Crippen LogP contribution in [0.1, 0.15) is 38.3 Å². The summed E-state index contributed by atoms with van der Waals surface area (Å²) in [5.41, 5.74) is 2.31. The minimum atomic E-state index is -0.348. The Morgan fingerprint density at radius 1 is 1.35 bits per heavy atom. The first-order chi connectivity index (χ1) is 11.1. The molecule has 0 amide bonds. The van der Waals surface area contributed by atoms with E-state index in [1.54, 1.807) is 14.0 Å². The quantitative estimate of drug-likeness (QED) is 0.616. The van der Waals surface area contributed by atoms with E-state index in [4.69, 9.17) is 21.7 Å². The molecule has 0 fully saturated rings. The zero-order valence-corrected chi connectivity index (χ0v) is 14.5. The van der Waals surface area contributed by atoms with Gasteiger partial charge in [0.15, 0.2) is 5.11 Å². The smallest absolute Gasteiger partial charge is 0.338 e. The average molecular weight is 334 g/mol. The Morgan fingerprint density at radius 3 is 2.78 bits per heavy atom. The van der Waals surface area contributed by atoms with Gasteiger partial charge in [0.05, 0.1) is 25.3 Å². The van der Waals surface area contributed by atoms with E-state index in [9.17, 15) is 4.79 Å². The van der Waals surface area contributed by atoms with Crippen LogP contribution in [0.25, 0.3) is 0 Å². The number of hydrogen-bond acceptors (Lipinski definition) is 4. The van der Waals surface area contributed by atoms with Gasteiger partial charge in [0.2, 0.25) is 0 Å². The van der Waals surface area contributed by atoms with Crippen LogP contribution >= 0.6 is 12.2 Å². The number of carbonyl (C=O) groups excluding carboxylic acids is 1. The Labute approximate surface area is 142 Å². The lowest BCUT2D eigenvalue weighted by Gasteiger charge is -2.31. The first-order valence-electron chi connectivity index (χ1n) is 7.72. The maximum Gasteiger partial charge on any atom is 0.338 e. The molecular weight excluding hydrogens is 312 g/mol. The zero-order valence-electron chi connectivity index (χ0n) is 13.6. The highest BCUT2D eigenvalue weighted by Crippen LogP contribution is 2.31. The van der Waals surface area contributed by atoms with Crippen molar-refractivity contribution in [1.29, 1.82) is 0 Å². The molecule has 2 rings (SSSR count). The Kier molecular flexibility index (Phi) is 5.98. The van der Waals surface area contributed by atoms with Gasteiger partial charge in [-0.05, 0) is 43.3 Å². The number of thiocarbonyl (C=S) groups is 1. The first kappa shape index (κ1) is 17.3. The summed E-state index contributed by atoms with van der Waals surface area (Å²) in [4.78, 5) is 12.5. The molecule has 0 unspecified atom stereocenters. The van der Waals surface area contributed by atoms with Crippen molar-refractivity contribution < 1.29 is 14.3 Å². The molecule has 0 aliphatic carbocycles. The highest BCUT2D eigenvalue weighted by Gasteiger charge is 2.32. The van der Waals surface area contributed by atoms with Crippen LogP contribution in [0, 0.1) is 0 Å². The third-order valence-corrected chi connectivity index (χ3v) is 3.80. The van der Waals surface area contributed by atoms with Gasteiger partial charge in [0, 0.05) is 5.70 Å². The summed E-state index contributed by atoms with van der Waals surface area (Å²) in [6.07, 6.45) is 1.63. The molecule has 0 radical (unpaired) electrons. The van der Waals surface area contributed by atoms with Crippen LogP contribution in [-0.2, 0) is 9.53 Å². The Morgan fingerprint density at radius 2 is 2.13 bits per heavy atom. The summed E-state index contributed by atoms with van der Waals surface area (Å²) in [5, 5.41) is 6.78. The maximum atomic E-state index is 12.5. The van der Waals surface area contributed by atoms with E-state index in [1.165, 1.54) is 0 Å². The van der Waals surface area contributed by atoms with Crippen molar-refractivity contribution in [3.63, 3.8) is 0 Å². The fourth-order valence-corrected chi connectivity index (χ4v) is 2.83. The largest absolute Gasteiger partial charge is 0.497 e. The summed E-state index contributed by atoms with van der Waals surface area (Å²) >= 11 is 5.30. The third kappa shape index (κ3) is 4.01. The molecule has 1 aromatic rings. The summed E-state index contributed by atoms with van der Waals surface area (Å²) in [6, 6.07) is 7.25. The predicted octanol–water partition coefficient (Wildman–Crippen LogP) is 2.83. The molecule has 0 spiro atoms. The molecule has 0 saturated heterocycles. The van der Waals surface area contributed by atoms with Crippen LogP contribution in [0.15, 0.2) is 35.5 Å². The molecule has 2 N–H and O–H groups in total. The van der Waals surface area contributed by atoms with Crippen molar-refractivity contribution in [2.75, 3.05) is 13.7 Å². The molecule has 23 heavy (non-hydrogen) atoms. The highest BCUT2D eigenvalue weighted by atomic mass is 32.1. The number of allylic oxidation sites excluding steroid dienone is 1. The minimum Gasteiger partial charge on any atom is -0.497 e. The molecule has 0 bridgehead atoms. The van der Waals surface area contributed by atoms with E-state index in [1.807, 2.05) is 24.3 Å². The van der Waals surface area contributed by atoms with Crippen LogP contribution in [0.5, 0.6) is 5.75 Å². The molecule has 1 aromatic carbocycles. The second-order valence-corrected chi connectivity index (χ2v) is 5.58. The number of rotatable bonds is 6. The van der Waals surface area contributed by atoms with Gasteiger partial charge in [-0.15, -0.1) is 0 Å². The SMILES string of the molecule is CCCC1=C(C(=O)OCC)[C@@H](c2cccc(OC)c2)NC(=S)N1. The van der Waals surface area contributed by atoms with Gasteiger partial charge in [0.25, 0.3) is 0 Å². The van der Waals surface area contributed by atoms with Crippen LogP contribution in [-0.4, -0.2) is 24.8 Å². The normalized spacial score (nSPS) is 17.3. The number of ether oxygens (including phenoxy) is 2. The fourth-order valence-electron chi connectivity index (χ4n) is 2.59. The highest BCUT2D eigenvalue weighted by molar-refractivity contribution is 7.80. The van der Waals surface area contributed by atoms with Crippen LogP contribution in [0.4, 0.5) is 0 Å². The number of nitrogens with one attached hydrogen (secondary N) is 2. The zero-order chi connectivity index (χ0) is 16.8. The lowest BCUT2D eigenvalue weighted by atomic mass is 9.94. The average Bonchev–Trinajstić information content (AvgIpc) is 2.55. The minimum absolute atomic E-state index is 0.328. The molecule has 5 nitrogen and oxygen atoms in total. The Balaban J connectivity index is 2.49. The molecule has 1 aliphatic heterocycles. The molecular formula is C17H22N2O3S. The van der Waals surface area contributed by atoms with Gasteiger partial charge in [-0.1, -0.05) is 25.5 Å². The van der Waals surface area contributed by atoms with Crippen molar-refractivity contribution in [1.82, 2.24) is 10.6 Å². The van der Waals surface area contributed by atoms with E-state index < -0.39 is 0 Å². The second-order valence-electron chi connectivity index (χ2n) is 5.17. The lowest BCUT2D eigenvalue weighted by molar-refractivity contribution is -0.139. The van der Waals surface area contributed by atoms with Gasteiger partial charge in [0.1, 0.15) is 5.75 Å². The summed E-state index contributed by atoms with van der Waals surface area (Å²) in [5.74, 6) is 0.403. The van der Waals surface area contributed by atoms with Crippen molar-refractivity contribution in [2.45, 2.75) is 32.7 Å². The molecule has 1 atom stereocenters.